The van der Waals surface area contributed by atoms with Crippen LogP contribution in [0.5, 0.6) is 0 Å². The van der Waals surface area contributed by atoms with Crippen LogP contribution in [0.3, 0.4) is 0 Å². The van der Waals surface area contributed by atoms with Gasteiger partial charge in [0.1, 0.15) is 0 Å². The Morgan fingerprint density at radius 3 is 2.13 bits per heavy atom. The van der Waals surface area contributed by atoms with E-state index in [1.807, 2.05) is 0 Å². The molecule has 4 atom stereocenters. The highest BCUT2D eigenvalue weighted by atomic mass is 35.5. The van der Waals surface area contributed by atoms with Crippen molar-refractivity contribution < 1.29 is 27.5 Å². The van der Waals surface area contributed by atoms with Crippen molar-refractivity contribution in [1.82, 2.24) is 0 Å². The first-order chi connectivity index (χ1) is 10.8. The van der Waals surface area contributed by atoms with E-state index in [2.05, 4.69) is 0 Å². The monoisotopic (exact) mass is 343 g/mol. The number of imide groups is 1. The Balaban J connectivity index is 1.78. The smallest absolute Gasteiger partial charge is 0.365 e. The molecule has 0 aliphatic carbocycles. The number of anilines is 1. The lowest BCUT2D eigenvalue weighted by molar-refractivity contribution is -0.137. The number of carbonyl (C=O) groups is 2. The maximum Gasteiger partial charge on any atom is 0.416 e. The Morgan fingerprint density at radius 2 is 1.61 bits per heavy atom. The SMILES string of the molecule is O=C1[C@@H]2[C@@H](C(=O)N1c1cc(C(F)(F)F)ccc1Cl)[C@H]1C=C[C@H]2O1. The molecule has 2 saturated heterocycles. The molecule has 1 aromatic rings. The molecule has 1 aromatic carbocycles. The minimum absolute atomic E-state index is 0.0825. The average Bonchev–Trinajstić information content (AvgIpc) is 3.13. The molecule has 23 heavy (non-hydrogen) atoms. The Hall–Kier alpha value is -1.86. The number of nitrogens with zero attached hydrogens (tertiary/aromatic N) is 1. The molecule has 0 unspecified atom stereocenters. The largest absolute Gasteiger partial charge is 0.416 e. The van der Waals surface area contributed by atoms with Crippen LogP contribution in [0.1, 0.15) is 5.56 Å². The van der Waals surface area contributed by atoms with Gasteiger partial charge in [0.2, 0.25) is 11.8 Å². The molecule has 0 saturated carbocycles. The number of ether oxygens (including phenoxy) is 1. The molecule has 4 nitrogen and oxygen atoms in total. The summed E-state index contributed by atoms with van der Waals surface area (Å²) in [5.74, 6) is -2.53. The second kappa shape index (κ2) is 4.58. The average molecular weight is 344 g/mol. The molecule has 120 valence electrons. The quantitative estimate of drug-likeness (QED) is 0.582. The third kappa shape index (κ3) is 1.96. The predicted octanol–water partition coefficient (Wildman–Crippen LogP) is 2.80. The Morgan fingerprint density at radius 1 is 1.04 bits per heavy atom. The lowest BCUT2D eigenvalue weighted by Crippen LogP contribution is -2.34. The number of benzene rings is 1. The lowest BCUT2D eigenvalue weighted by Gasteiger charge is -2.20. The van der Waals surface area contributed by atoms with Crippen molar-refractivity contribution in [1.29, 1.82) is 0 Å². The fourth-order valence-corrected chi connectivity index (χ4v) is 3.60. The van der Waals surface area contributed by atoms with Crippen LogP contribution < -0.4 is 4.90 Å². The standard InChI is InChI=1S/C15H9ClF3NO3/c16-7-2-1-6(15(17,18)19)5-8(7)20-13(21)11-9-3-4-10(23-9)12(11)14(20)22/h1-5,9-12H/t9-,10-,11+,12+/m1/s1. The third-order valence-electron chi connectivity index (χ3n) is 4.42. The van der Waals surface area contributed by atoms with Gasteiger partial charge in [-0.25, -0.2) is 4.90 Å². The summed E-state index contributed by atoms with van der Waals surface area (Å²) in [5, 5.41) is -0.0825. The molecule has 2 bridgehead atoms. The van der Waals surface area contributed by atoms with Gasteiger partial charge in [0, 0.05) is 0 Å². The zero-order chi connectivity index (χ0) is 16.5. The summed E-state index contributed by atoms with van der Waals surface area (Å²) in [6.07, 6.45) is -2.19. The number of amides is 2. The second-order valence-electron chi connectivity index (χ2n) is 5.68. The second-order valence-corrected chi connectivity index (χ2v) is 6.08. The fourth-order valence-electron chi connectivity index (χ4n) is 3.40. The molecule has 3 heterocycles. The Kier molecular flexibility index (Phi) is 2.93. The van der Waals surface area contributed by atoms with Gasteiger partial charge in [-0.05, 0) is 18.2 Å². The van der Waals surface area contributed by atoms with E-state index in [4.69, 9.17) is 16.3 Å². The van der Waals surface area contributed by atoms with Crippen LogP contribution in [-0.2, 0) is 20.5 Å². The molecule has 3 aliphatic heterocycles. The Labute approximate surface area is 133 Å². The van der Waals surface area contributed by atoms with E-state index in [9.17, 15) is 22.8 Å². The van der Waals surface area contributed by atoms with E-state index >= 15 is 0 Å². The number of hydrogen-bond donors (Lipinski definition) is 0. The van der Waals surface area contributed by atoms with Crippen LogP contribution in [0, 0.1) is 11.8 Å². The highest BCUT2D eigenvalue weighted by Gasteiger charge is 2.61. The molecular formula is C15H9ClF3NO3. The van der Waals surface area contributed by atoms with Gasteiger partial charge in [0.15, 0.2) is 0 Å². The van der Waals surface area contributed by atoms with Crippen molar-refractivity contribution in [2.75, 3.05) is 4.90 Å². The van der Waals surface area contributed by atoms with E-state index in [0.717, 1.165) is 23.1 Å². The molecule has 0 spiro atoms. The minimum Gasteiger partial charge on any atom is -0.365 e. The van der Waals surface area contributed by atoms with Gasteiger partial charge < -0.3 is 4.74 Å². The molecule has 3 aliphatic rings. The lowest BCUT2D eigenvalue weighted by atomic mass is 9.85. The van der Waals surface area contributed by atoms with Crippen molar-refractivity contribution in [3.63, 3.8) is 0 Å². The summed E-state index contributed by atoms with van der Waals surface area (Å²) < 4.78 is 44.1. The third-order valence-corrected chi connectivity index (χ3v) is 4.74. The van der Waals surface area contributed by atoms with Gasteiger partial charge in [0.05, 0.1) is 40.3 Å². The van der Waals surface area contributed by atoms with E-state index in [0.29, 0.717) is 0 Å². The van der Waals surface area contributed by atoms with Crippen molar-refractivity contribution in [3.05, 3.63) is 40.9 Å². The molecule has 4 rings (SSSR count). The number of fused-ring (bicyclic) bond motifs is 5. The van der Waals surface area contributed by atoms with Crippen molar-refractivity contribution in [3.8, 4) is 0 Å². The van der Waals surface area contributed by atoms with E-state index in [-0.39, 0.29) is 10.7 Å². The first-order valence-electron chi connectivity index (χ1n) is 6.87. The van der Waals surface area contributed by atoms with Crippen molar-refractivity contribution >= 4 is 29.1 Å². The van der Waals surface area contributed by atoms with Crippen molar-refractivity contribution in [2.45, 2.75) is 18.4 Å². The zero-order valence-corrected chi connectivity index (χ0v) is 12.1. The maximum absolute atomic E-state index is 12.9. The van der Waals surface area contributed by atoms with E-state index in [1.165, 1.54) is 0 Å². The number of rotatable bonds is 1. The minimum atomic E-state index is -4.59. The predicted molar refractivity (Wildman–Crippen MR) is 73.7 cm³/mol. The molecule has 8 heteroatoms. The molecule has 2 fully saturated rings. The van der Waals surface area contributed by atoms with Gasteiger partial charge in [-0.2, -0.15) is 13.2 Å². The summed E-state index contributed by atoms with van der Waals surface area (Å²) in [4.78, 5) is 25.9. The summed E-state index contributed by atoms with van der Waals surface area (Å²) in [7, 11) is 0. The van der Waals surface area contributed by atoms with Crippen LogP contribution in [-0.4, -0.2) is 24.0 Å². The highest BCUT2D eigenvalue weighted by Crippen LogP contribution is 2.47. The van der Waals surface area contributed by atoms with Crippen molar-refractivity contribution in [2.24, 2.45) is 11.8 Å². The topological polar surface area (TPSA) is 46.6 Å². The van der Waals surface area contributed by atoms with Gasteiger partial charge in [-0.3, -0.25) is 9.59 Å². The van der Waals surface area contributed by atoms with Crippen LogP contribution in [0.15, 0.2) is 30.4 Å². The van der Waals surface area contributed by atoms with E-state index < -0.39 is 47.6 Å². The van der Waals surface area contributed by atoms with Gasteiger partial charge in [0.25, 0.3) is 0 Å². The molecule has 0 N–H and O–H groups in total. The van der Waals surface area contributed by atoms with Gasteiger partial charge in [-0.15, -0.1) is 0 Å². The summed E-state index contributed by atoms with van der Waals surface area (Å²) >= 11 is 5.94. The first kappa shape index (κ1) is 14.7. The van der Waals surface area contributed by atoms with Gasteiger partial charge >= 0.3 is 6.18 Å². The zero-order valence-electron chi connectivity index (χ0n) is 11.4. The Bertz CT molecular complexity index is 731. The van der Waals surface area contributed by atoms with Crippen LogP contribution in [0.25, 0.3) is 0 Å². The van der Waals surface area contributed by atoms with Crippen LogP contribution >= 0.6 is 11.6 Å². The number of carbonyl (C=O) groups excluding carboxylic acids is 2. The highest BCUT2D eigenvalue weighted by molar-refractivity contribution is 6.36. The normalized spacial score (nSPS) is 32.1. The first-order valence-corrected chi connectivity index (χ1v) is 7.25. The van der Waals surface area contributed by atoms with Crippen LogP contribution in [0.2, 0.25) is 5.02 Å². The number of alkyl halides is 3. The fraction of sp³-hybridized carbons (Fsp3) is 0.333. The van der Waals surface area contributed by atoms with Crippen LogP contribution in [0.4, 0.5) is 18.9 Å². The molecule has 0 radical (unpaired) electrons. The summed E-state index contributed by atoms with van der Waals surface area (Å²) in [6.45, 7) is 0. The van der Waals surface area contributed by atoms with E-state index in [1.54, 1.807) is 12.2 Å². The summed E-state index contributed by atoms with van der Waals surface area (Å²) in [5.41, 5.74) is -1.20. The molecular weight excluding hydrogens is 335 g/mol. The van der Waals surface area contributed by atoms with Gasteiger partial charge in [-0.1, -0.05) is 23.8 Å². The maximum atomic E-state index is 12.9. The molecule has 2 amide bonds. The number of hydrogen-bond acceptors (Lipinski definition) is 3. The molecule has 0 aromatic heterocycles. The summed E-state index contributed by atoms with van der Waals surface area (Å²) in [6, 6.07) is 2.58. The number of halogens is 4.